The molecule has 1 aromatic carbocycles. The third-order valence-electron chi connectivity index (χ3n) is 2.31. The minimum absolute atomic E-state index is 0.251. The molecule has 2 rings (SSSR count). The van der Waals surface area contributed by atoms with Gasteiger partial charge in [0.25, 0.3) is 0 Å². The molecular weight excluding hydrogens is 210 g/mol. The summed E-state index contributed by atoms with van der Waals surface area (Å²) < 4.78 is 0. The molecule has 2 aromatic rings. The molecule has 0 bridgehead atoms. The van der Waals surface area contributed by atoms with Gasteiger partial charge in [0.15, 0.2) is 5.43 Å². The van der Waals surface area contributed by atoms with Crippen molar-refractivity contribution >= 4 is 16.9 Å². The summed E-state index contributed by atoms with van der Waals surface area (Å²) in [6.07, 6.45) is 0. The van der Waals surface area contributed by atoms with E-state index in [-0.39, 0.29) is 22.1 Å². The Labute approximate surface area is 90.0 Å². The lowest BCUT2D eigenvalue weighted by molar-refractivity contribution is 0.0694. The number of aromatic amines is 1. The second-order valence-electron chi connectivity index (χ2n) is 3.54. The highest BCUT2D eigenvalue weighted by Crippen LogP contribution is 2.22. The van der Waals surface area contributed by atoms with Crippen molar-refractivity contribution in [2.45, 2.75) is 6.92 Å². The van der Waals surface area contributed by atoms with E-state index < -0.39 is 5.97 Å². The van der Waals surface area contributed by atoms with Gasteiger partial charge in [-0.05, 0) is 13.0 Å². The lowest BCUT2D eigenvalue weighted by Crippen LogP contribution is -2.05. The number of hydrogen-bond donors (Lipinski definition) is 3. The molecule has 0 amide bonds. The topological polar surface area (TPSA) is 90.4 Å². The number of aromatic hydroxyl groups is 1. The fraction of sp³-hybridized carbons (Fsp3) is 0.0909. The van der Waals surface area contributed by atoms with E-state index in [1.807, 2.05) is 0 Å². The van der Waals surface area contributed by atoms with Gasteiger partial charge in [-0.1, -0.05) is 0 Å². The third-order valence-corrected chi connectivity index (χ3v) is 2.31. The molecule has 0 fully saturated rings. The summed E-state index contributed by atoms with van der Waals surface area (Å²) in [5.74, 6) is -1.62. The number of carbonyl (C=O) groups is 1. The second kappa shape index (κ2) is 3.37. The molecule has 3 N–H and O–H groups in total. The molecule has 82 valence electrons. The second-order valence-corrected chi connectivity index (χ2v) is 3.54. The van der Waals surface area contributed by atoms with Gasteiger partial charge in [-0.25, -0.2) is 4.79 Å². The Morgan fingerprint density at radius 1 is 1.31 bits per heavy atom. The van der Waals surface area contributed by atoms with E-state index >= 15 is 0 Å². The quantitative estimate of drug-likeness (QED) is 0.673. The molecular formula is C11H9NO4. The molecule has 5 nitrogen and oxygen atoms in total. The number of aryl methyl sites for hydroxylation is 1. The molecule has 0 unspecified atom stereocenters. The van der Waals surface area contributed by atoms with Crippen LogP contribution in [0.4, 0.5) is 0 Å². The van der Waals surface area contributed by atoms with E-state index in [2.05, 4.69) is 4.98 Å². The molecule has 0 saturated heterocycles. The first kappa shape index (κ1) is 10.2. The van der Waals surface area contributed by atoms with Crippen LogP contribution in [-0.4, -0.2) is 21.2 Å². The van der Waals surface area contributed by atoms with Gasteiger partial charge in [0.1, 0.15) is 11.3 Å². The van der Waals surface area contributed by atoms with Crippen molar-refractivity contribution in [3.05, 3.63) is 39.7 Å². The molecule has 0 saturated carbocycles. The average Bonchev–Trinajstić information content (AvgIpc) is 2.15. The first-order valence-electron chi connectivity index (χ1n) is 4.59. The number of phenols is 1. The summed E-state index contributed by atoms with van der Waals surface area (Å²) in [6, 6.07) is 3.80. The van der Waals surface area contributed by atoms with Gasteiger partial charge in [-0.2, -0.15) is 0 Å². The fourth-order valence-corrected chi connectivity index (χ4v) is 1.59. The van der Waals surface area contributed by atoms with Gasteiger partial charge in [0, 0.05) is 23.2 Å². The summed E-state index contributed by atoms with van der Waals surface area (Å²) in [5, 5.41) is 18.5. The maximum Gasteiger partial charge on any atom is 0.339 e. The molecule has 0 spiro atoms. The number of carboxylic acid groups (broad SMARTS) is 1. The number of H-pyrrole nitrogens is 1. The van der Waals surface area contributed by atoms with Crippen LogP contribution in [0, 0.1) is 6.92 Å². The Balaban J connectivity index is 2.90. The van der Waals surface area contributed by atoms with E-state index in [9.17, 15) is 14.7 Å². The van der Waals surface area contributed by atoms with E-state index in [1.54, 1.807) is 6.92 Å². The lowest BCUT2D eigenvalue weighted by atomic mass is 10.1. The molecule has 0 aliphatic carbocycles. The number of benzene rings is 1. The minimum atomic E-state index is -1.26. The molecule has 16 heavy (non-hydrogen) atoms. The van der Waals surface area contributed by atoms with Gasteiger partial charge >= 0.3 is 5.97 Å². The smallest absolute Gasteiger partial charge is 0.339 e. The maximum absolute atomic E-state index is 11.6. The Hall–Kier alpha value is -2.30. The zero-order valence-electron chi connectivity index (χ0n) is 8.44. The summed E-state index contributed by atoms with van der Waals surface area (Å²) in [4.78, 5) is 25.2. The van der Waals surface area contributed by atoms with Crippen LogP contribution >= 0.6 is 0 Å². The van der Waals surface area contributed by atoms with Crippen molar-refractivity contribution in [1.29, 1.82) is 0 Å². The Kier molecular flexibility index (Phi) is 2.16. The van der Waals surface area contributed by atoms with Gasteiger partial charge in [0.2, 0.25) is 0 Å². The molecule has 0 atom stereocenters. The summed E-state index contributed by atoms with van der Waals surface area (Å²) in [7, 11) is 0. The first-order valence-corrected chi connectivity index (χ1v) is 4.59. The monoisotopic (exact) mass is 219 g/mol. The van der Waals surface area contributed by atoms with Crippen molar-refractivity contribution in [2.75, 3.05) is 0 Å². The van der Waals surface area contributed by atoms with Crippen molar-refractivity contribution in [3.63, 3.8) is 0 Å². The Morgan fingerprint density at radius 3 is 2.62 bits per heavy atom. The highest BCUT2D eigenvalue weighted by Gasteiger charge is 2.12. The van der Waals surface area contributed by atoms with E-state index in [1.165, 1.54) is 18.2 Å². The fourth-order valence-electron chi connectivity index (χ4n) is 1.59. The van der Waals surface area contributed by atoms with Crippen LogP contribution in [-0.2, 0) is 0 Å². The summed E-state index contributed by atoms with van der Waals surface area (Å²) in [5.41, 5.74) is 0.531. The normalized spacial score (nSPS) is 10.6. The zero-order valence-corrected chi connectivity index (χ0v) is 8.44. The van der Waals surface area contributed by atoms with Crippen molar-refractivity contribution in [3.8, 4) is 5.75 Å². The summed E-state index contributed by atoms with van der Waals surface area (Å²) >= 11 is 0. The molecule has 0 aliphatic heterocycles. The molecule has 1 heterocycles. The number of nitrogens with one attached hydrogen (secondary N) is 1. The van der Waals surface area contributed by atoms with Crippen LogP contribution in [0.15, 0.2) is 23.0 Å². The molecule has 0 radical (unpaired) electrons. The molecule has 0 aliphatic rings. The van der Waals surface area contributed by atoms with Gasteiger partial charge < -0.3 is 15.2 Å². The maximum atomic E-state index is 11.6. The number of aromatic nitrogens is 1. The van der Waals surface area contributed by atoms with Gasteiger partial charge in [0.05, 0.1) is 5.52 Å². The van der Waals surface area contributed by atoms with Crippen LogP contribution < -0.4 is 5.43 Å². The Bertz CT molecular complexity index is 642. The van der Waals surface area contributed by atoms with E-state index in [4.69, 9.17) is 5.11 Å². The SMILES string of the molecule is Cc1cc(=O)c2cc(C(=O)O)c(O)cc2[nH]1. The number of hydrogen-bond acceptors (Lipinski definition) is 3. The number of rotatable bonds is 1. The summed E-state index contributed by atoms with van der Waals surface area (Å²) in [6.45, 7) is 1.71. The highest BCUT2D eigenvalue weighted by molar-refractivity contribution is 5.96. The van der Waals surface area contributed by atoms with Crippen molar-refractivity contribution < 1.29 is 15.0 Å². The predicted octanol–water partition coefficient (Wildman–Crippen LogP) is 1.24. The number of pyridine rings is 1. The van der Waals surface area contributed by atoms with E-state index in [0.717, 1.165) is 0 Å². The van der Waals surface area contributed by atoms with Crippen LogP contribution in [0.1, 0.15) is 16.1 Å². The highest BCUT2D eigenvalue weighted by atomic mass is 16.4. The number of fused-ring (bicyclic) bond motifs is 1. The minimum Gasteiger partial charge on any atom is -0.507 e. The Morgan fingerprint density at radius 2 is 2.00 bits per heavy atom. The van der Waals surface area contributed by atoms with E-state index in [0.29, 0.717) is 11.2 Å². The third kappa shape index (κ3) is 1.52. The number of aromatic carboxylic acids is 1. The molecule has 5 heteroatoms. The standard InChI is InChI=1S/C11H9NO4/c1-5-2-9(13)6-3-7(11(15)16)10(14)4-8(6)12-5/h2-4,14H,1H3,(H,12,13)(H,15,16). The lowest BCUT2D eigenvalue weighted by Gasteiger charge is -2.03. The van der Waals surface area contributed by atoms with Crippen LogP contribution in [0.3, 0.4) is 0 Å². The van der Waals surface area contributed by atoms with Gasteiger partial charge in [-0.15, -0.1) is 0 Å². The largest absolute Gasteiger partial charge is 0.507 e. The first-order chi connectivity index (χ1) is 7.49. The van der Waals surface area contributed by atoms with Crippen LogP contribution in [0.2, 0.25) is 0 Å². The number of carboxylic acids is 1. The van der Waals surface area contributed by atoms with Crippen LogP contribution in [0.5, 0.6) is 5.75 Å². The van der Waals surface area contributed by atoms with Crippen molar-refractivity contribution in [2.24, 2.45) is 0 Å². The average molecular weight is 219 g/mol. The van der Waals surface area contributed by atoms with Crippen LogP contribution in [0.25, 0.3) is 10.9 Å². The predicted molar refractivity (Wildman–Crippen MR) is 57.9 cm³/mol. The van der Waals surface area contributed by atoms with Gasteiger partial charge in [-0.3, -0.25) is 4.79 Å². The zero-order chi connectivity index (χ0) is 11.9. The van der Waals surface area contributed by atoms with Crippen molar-refractivity contribution in [1.82, 2.24) is 4.98 Å². The molecule has 1 aromatic heterocycles.